The van der Waals surface area contributed by atoms with Crippen LogP contribution in [0.2, 0.25) is 0 Å². The average molecular weight is 253 g/mol. The molecule has 1 aliphatic rings. The number of hydrogen-bond acceptors (Lipinski definition) is 5. The first kappa shape index (κ1) is 13.5. The maximum atomic E-state index is 6.20. The topological polar surface area (TPSA) is 74.2 Å². The summed E-state index contributed by atoms with van der Waals surface area (Å²) in [4.78, 5) is 4.49. The Balaban J connectivity index is 2.18. The van der Waals surface area contributed by atoms with E-state index in [4.69, 9.17) is 15.0 Å². The third kappa shape index (κ3) is 2.72. The second kappa shape index (κ2) is 5.36. The fourth-order valence-electron chi connectivity index (χ4n) is 2.36. The monoisotopic (exact) mass is 253 g/mol. The van der Waals surface area contributed by atoms with Crippen LogP contribution >= 0.6 is 0 Å². The number of ether oxygens (including phenoxy) is 1. The number of methoxy groups -OCH3 is 1. The molecule has 1 aromatic heterocycles. The summed E-state index contributed by atoms with van der Waals surface area (Å²) >= 11 is 0. The summed E-state index contributed by atoms with van der Waals surface area (Å²) in [6.45, 7) is 3.85. The SMILES string of the molecule is COC(C)(C)c1noc(C2CCCCCC2N)n1. The molecule has 0 bridgehead atoms. The minimum absolute atomic E-state index is 0.131. The third-order valence-corrected chi connectivity index (χ3v) is 3.88. The van der Waals surface area contributed by atoms with Crippen molar-refractivity contribution in [2.45, 2.75) is 63.5 Å². The molecule has 2 rings (SSSR count). The van der Waals surface area contributed by atoms with Gasteiger partial charge in [0, 0.05) is 13.2 Å². The van der Waals surface area contributed by atoms with E-state index in [1.54, 1.807) is 7.11 Å². The molecule has 102 valence electrons. The molecule has 2 N–H and O–H groups in total. The van der Waals surface area contributed by atoms with Gasteiger partial charge in [-0.2, -0.15) is 4.98 Å². The zero-order valence-corrected chi connectivity index (χ0v) is 11.5. The molecule has 5 heteroatoms. The molecule has 5 nitrogen and oxygen atoms in total. The highest BCUT2D eigenvalue weighted by Crippen LogP contribution is 2.31. The molecule has 1 fully saturated rings. The maximum absolute atomic E-state index is 6.20. The van der Waals surface area contributed by atoms with Crippen molar-refractivity contribution in [3.63, 3.8) is 0 Å². The lowest BCUT2D eigenvalue weighted by Gasteiger charge is -2.18. The molecule has 18 heavy (non-hydrogen) atoms. The second-order valence-electron chi connectivity index (χ2n) is 5.58. The quantitative estimate of drug-likeness (QED) is 0.837. The van der Waals surface area contributed by atoms with Crippen molar-refractivity contribution >= 4 is 0 Å². The van der Waals surface area contributed by atoms with E-state index < -0.39 is 5.60 Å². The zero-order chi connectivity index (χ0) is 13.2. The van der Waals surface area contributed by atoms with Gasteiger partial charge in [-0.25, -0.2) is 0 Å². The smallest absolute Gasteiger partial charge is 0.231 e. The first-order chi connectivity index (χ1) is 8.54. The summed E-state index contributed by atoms with van der Waals surface area (Å²) in [7, 11) is 1.65. The van der Waals surface area contributed by atoms with Crippen molar-refractivity contribution in [1.29, 1.82) is 0 Å². The lowest BCUT2D eigenvalue weighted by atomic mass is 9.95. The van der Waals surface area contributed by atoms with Crippen molar-refractivity contribution in [2.75, 3.05) is 7.11 Å². The predicted octanol–water partition coefficient (Wildman–Crippen LogP) is 2.33. The van der Waals surface area contributed by atoms with E-state index in [-0.39, 0.29) is 12.0 Å². The standard InChI is InChI=1S/C13H23N3O2/c1-13(2,17-3)12-15-11(18-16-12)9-7-5-4-6-8-10(9)14/h9-10H,4-8,14H2,1-3H3. The van der Waals surface area contributed by atoms with Gasteiger partial charge in [-0.3, -0.25) is 0 Å². The van der Waals surface area contributed by atoms with Crippen LogP contribution < -0.4 is 5.73 Å². The van der Waals surface area contributed by atoms with Crippen LogP contribution in [0.25, 0.3) is 0 Å². The Morgan fingerprint density at radius 2 is 2.00 bits per heavy atom. The molecular formula is C13H23N3O2. The predicted molar refractivity (Wildman–Crippen MR) is 68.1 cm³/mol. The van der Waals surface area contributed by atoms with E-state index in [0.29, 0.717) is 11.7 Å². The van der Waals surface area contributed by atoms with Crippen molar-refractivity contribution in [1.82, 2.24) is 10.1 Å². The Bertz CT molecular complexity index is 389. The van der Waals surface area contributed by atoms with Crippen molar-refractivity contribution < 1.29 is 9.26 Å². The third-order valence-electron chi connectivity index (χ3n) is 3.88. The first-order valence-corrected chi connectivity index (χ1v) is 6.69. The van der Waals surface area contributed by atoms with Crippen LogP contribution in [0.3, 0.4) is 0 Å². The number of rotatable bonds is 3. The van der Waals surface area contributed by atoms with E-state index in [1.807, 2.05) is 13.8 Å². The Hall–Kier alpha value is -0.940. The van der Waals surface area contributed by atoms with Gasteiger partial charge in [0.15, 0.2) is 0 Å². The van der Waals surface area contributed by atoms with Crippen LogP contribution in [0.4, 0.5) is 0 Å². The normalized spacial score (nSPS) is 26.0. The lowest BCUT2D eigenvalue weighted by molar-refractivity contribution is 0.00973. The molecular weight excluding hydrogens is 230 g/mol. The van der Waals surface area contributed by atoms with Crippen molar-refractivity contribution in [3.05, 3.63) is 11.7 Å². The van der Waals surface area contributed by atoms with Crippen LogP contribution in [0.5, 0.6) is 0 Å². The van der Waals surface area contributed by atoms with Crippen LogP contribution in [-0.4, -0.2) is 23.3 Å². The molecule has 0 aromatic carbocycles. The molecule has 1 aliphatic carbocycles. The highest BCUT2D eigenvalue weighted by Gasteiger charge is 2.31. The van der Waals surface area contributed by atoms with Crippen LogP contribution in [0.1, 0.15) is 63.6 Å². The van der Waals surface area contributed by atoms with Gasteiger partial charge in [0.25, 0.3) is 0 Å². The van der Waals surface area contributed by atoms with Gasteiger partial charge in [0.05, 0.1) is 5.92 Å². The van der Waals surface area contributed by atoms with Crippen LogP contribution in [0.15, 0.2) is 4.52 Å². The highest BCUT2D eigenvalue weighted by atomic mass is 16.5. The Kier molecular flexibility index (Phi) is 4.02. The summed E-state index contributed by atoms with van der Waals surface area (Å²) < 4.78 is 10.8. The fourth-order valence-corrected chi connectivity index (χ4v) is 2.36. The molecule has 0 amide bonds. The molecule has 0 saturated heterocycles. The molecule has 1 saturated carbocycles. The maximum Gasteiger partial charge on any atom is 0.231 e. The average Bonchev–Trinajstić information content (AvgIpc) is 2.74. The largest absolute Gasteiger partial charge is 0.371 e. The summed E-state index contributed by atoms with van der Waals surface area (Å²) in [5.41, 5.74) is 5.69. The second-order valence-corrected chi connectivity index (χ2v) is 5.58. The molecule has 2 atom stereocenters. The summed E-state index contributed by atoms with van der Waals surface area (Å²) in [5.74, 6) is 1.46. The van der Waals surface area contributed by atoms with Gasteiger partial charge in [-0.1, -0.05) is 24.4 Å². The molecule has 1 heterocycles. The van der Waals surface area contributed by atoms with Gasteiger partial charge in [0.2, 0.25) is 11.7 Å². The van der Waals surface area contributed by atoms with E-state index in [1.165, 1.54) is 19.3 Å². The van der Waals surface area contributed by atoms with Crippen LogP contribution in [0, 0.1) is 0 Å². The summed E-state index contributed by atoms with van der Waals surface area (Å²) in [6, 6.07) is 0.131. The van der Waals surface area contributed by atoms with Gasteiger partial charge in [0.1, 0.15) is 5.60 Å². The van der Waals surface area contributed by atoms with Crippen molar-refractivity contribution in [3.8, 4) is 0 Å². The molecule has 0 aliphatic heterocycles. The van der Waals surface area contributed by atoms with Gasteiger partial charge >= 0.3 is 0 Å². The number of hydrogen-bond donors (Lipinski definition) is 1. The fraction of sp³-hybridized carbons (Fsp3) is 0.846. The molecule has 2 unspecified atom stereocenters. The Labute approximate surface area is 108 Å². The Morgan fingerprint density at radius 1 is 1.28 bits per heavy atom. The zero-order valence-electron chi connectivity index (χ0n) is 11.5. The van der Waals surface area contributed by atoms with E-state index in [9.17, 15) is 0 Å². The summed E-state index contributed by atoms with van der Waals surface area (Å²) in [6.07, 6.45) is 5.70. The first-order valence-electron chi connectivity index (χ1n) is 6.69. The van der Waals surface area contributed by atoms with Crippen molar-refractivity contribution in [2.24, 2.45) is 5.73 Å². The van der Waals surface area contributed by atoms with Gasteiger partial charge in [-0.15, -0.1) is 0 Å². The van der Waals surface area contributed by atoms with Gasteiger partial charge < -0.3 is 15.0 Å². The molecule has 0 radical (unpaired) electrons. The lowest BCUT2D eigenvalue weighted by Crippen LogP contribution is -2.28. The van der Waals surface area contributed by atoms with Crippen LogP contribution in [-0.2, 0) is 10.3 Å². The Morgan fingerprint density at radius 3 is 2.72 bits per heavy atom. The minimum Gasteiger partial charge on any atom is -0.371 e. The van der Waals surface area contributed by atoms with Gasteiger partial charge in [-0.05, 0) is 26.7 Å². The summed E-state index contributed by atoms with van der Waals surface area (Å²) in [5, 5.41) is 4.03. The minimum atomic E-state index is -0.517. The number of aromatic nitrogens is 2. The number of nitrogens with two attached hydrogens (primary N) is 1. The number of nitrogens with zero attached hydrogens (tertiary/aromatic N) is 2. The molecule has 1 aromatic rings. The molecule has 0 spiro atoms. The van der Waals surface area contributed by atoms with E-state index >= 15 is 0 Å². The van der Waals surface area contributed by atoms with E-state index in [2.05, 4.69) is 10.1 Å². The van der Waals surface area contributed by atoms with E-state index in [0.717, 1.165) is 12.8 Å². The highest BCUT2D eigenvalue weighted by molar-refractivity contribution is 5.03.